The van der Waals surface area contributed by atoms with E-state index in [2.05, 4.69) is 6.92 Å². The molecule has 0 aromatic heterocycles. The zero-order valence-corrected chi connectivity index (χ0v) is 23.7. The van der Waals surface area contributed by atoms with Gasteiger partial charge in [-0.25, -0.2) is 0 Å². The van der Waals surface area contributed by atoms with Crippen LogP contribution in [0.3, 0.4) is 0 Å². The molecule has 4 aliphatic carbocycles. The Hall–Kier alpha value is -0.830. The Bertz CT molecular complexity index is 979. The summed E-state index contributed by atoms with van der Waals surface area (Å²) < 4.78 is 12.4. The first-order valence-corrected chi connectivity index (χ1v) is 14.3. The Kier molecular flexibility index (Phi) is 6.25. The van der Waals surface area contributed by atoms with E-state index in [1.54, 1.807) is 26.8 Å². The van der Waals surface area contributed by atoms with Crippen molar-refractivity contribution in [3.63, 3.8) is 0 Å². The summed E-state index contributed by atoms with van der Waals surface area (Å²) in [5.41, 5.74) is -3.75. The van der Waals surface area contributed by atoms with Gasteiger partial charge in [0.15, 0.2) is 11.6 Å². The molecule has 0 spiro atoms. The number of rotatable bonds is 5. The minimum Gasteiger partial charge on any atom is -0.390 e. The second kappa shape index (κ2) is 8.34. The van der Waals surface area contributed by atoms with Gasteiger partial charge in [0.05, 0.1) is 35.1 Å². The Labute approximate surface area is 221 Å². The number of aliphatic hydroxyl groups is 4. The number of allylic oxidation sites excluding steroid dienone is 1. The molecule has 4 N–H and O–H groups in total. The molecule has 0 radical (unpaired) electrons. The van der Waals surface area contributed by atoms with Gasteiger partial charge in [0.25, 0.3) is 0 Å². The summed E-state index contributed by atoms with van der Waals surface area (Å²) in [5.74, 6) is -1.02. The van der Waals surface area contributed by atoms with Crippen LogP contribution in [0, 0.1) is 28.6 Å². The summed E-state index contributed by atoms with van der Waals surface area (Å²) in [7, 11) is 0. The molecule has 7 heteroatoms. The third-order valence-electron chi connectivity index (χ3n) is 11.4. The van der Waals surface area contributed by atoms with Crippen LogP contribution in [-0.2, 0) is 14.3 Å². The molecule has 1 aliphatic heterocycles. The van der Waals surface area contributed by atoms with E-state index in [-0.39, 0.29) is 47.6 Å². The Balaban J connectivity index is 1.44. The monoisotopic (exact) mass is 520 g/mol. The summed E-state index contributed by atoms with van der Waals surface area (Å²) in [4.78, 5) is 13.6. The molecule has 1 saturated heterocycles. The van der Waals surface area contributed by atoms with Gasteiger partial charge in [-0.05, 0) is 115 Å². The smallest absolute Gasteiger partial charge is 0.163 e. The fourth-order valence-corrected chi connectivity index (χ4v) is 9.28. The lowest BCUT2D eigenvalue weighted by molar-refractivity contribution is -0.174. The molecule has 4 fully saturated rings. The van der Waals surface area contributed by atoms with Crippen LogP contribution in [0.25, 0.3) is 0 Å². The van der Waals surface area contributed by atoms with Crippen molar-refractivity contribution in [1.82, 2.24) is 0 Å². The fraction of sp³-hybridized carbons (Fsp3) is 0.900. The van der Waals surface area contributed by atoms with Gasteiger partial charge in [-0.2, -0.15) is 0 Å². The normalized spacial score (nSPS) is 47.3. The van der Waals surface area contributed by atoms with Gasteiger partial charge in [0, 0.05) is 11.3 Å². The van der Waals surface area contributed by atoms with Crippen LogP contribution in [0.4, 0.5) is 0 Å². The molecular weight excluding hydrogens is 472 g/mol. The second-order valence-corrected chi connectivity index (χ2v) is 14.8. The number of aliphatic hydroxyl groups excluding tert-OH is 1. The molecule has 0 bridgehead atoms. The second-order valence-electron chi connectivity index (χ2n) is 14.8. The molecule has 0 aromatic carbocycles. The summed E-state index contributed by atoms with van der Waals surface area (Å²) in [6, 6.07) is 0. The van der Waals surface area contributed by atoms with Gasteiger partial charge in [0.2, 0.25) is 0 Å². The van der Waals surface area contributed by atoms with Crippen molar-refractivity contribution >= 4 is 5.78 Å². The Morgan fingerprint density at radius 1 is 1.03 bits per heavy atom. The van der Waals surface area contributed by atoms with E-state index in [4.69, 9.17) is 9.47 Å². The van der Waals surface area contributed by atoms with Crippen molar-refractivity contribution in [2.75, 3.05) is 0 Å². The van der Waals surface area contributed by atoms with E-state index in [9.17, 15) is 25.2 Å². The highest BCUT2D eigenvalue weighted by Crippen LogP contribution is 2.69. The maximum Gasteiger partial charge on any atom is 0.163 e. The van der Waals surface area contributed by atoms with Crippen molar-refractivity contribution < 1.29 is 34.7 Å². The fourth-order valence-electron chi connectivity index (χ4n) is 9.28. The van der Waals surface area contributed by atoms with Crippen molar-refractivity contribution in [1.29, 1.82) is 0 Å². The van der Waals surface area contributed by atoms with Gasteiger partial charge in [-0.3, -0.25) is 4.79 Å². The summed E-state index contributed by atoms with van der Waals surface area (Å²) in [6.45, 7) is 13.2. The van der Waals surface area contributed by atoms with E-state index in [0.717, 1.165) is 18.4 Å². The van der Waals surface area contributed by atoms with Crippen molar-refractivity contribution in [2.24, 2.45) is 28.6 Å². The van der Waals surface area contributed by atoms with Crippen LogP contribution in [0.1, 0.15) is 99.8 Å². The highest BCUT2D eigenvalue weighted by atomic mass is 16.7. The molecule has 1 heterocycles. The van der Waals surface area contributed by atoms with Crippen molar-refractivity contribution in [3.8, 4) is 0 Å². The molecular formula is C30H48O7. The topological polar surface area (TPSA) is 116 Å². The van der Waals surface area contributed by atoms with Gasteiger partial charge in [-0.1, -0.05) is 13.8 Å². The number of carbonyl (C=O) groups is 1. The van der Waals surface area contributed by atoms with Gasteiger partial charge in [-0.15, -0.1) is 0 Å². The van der Waals surface area contributed by atoms with E-state index < -0.39 is 34.1 Å². The predicted octanol–water partition coefficient (Wildman–Crippen LogP) is 3.65. The van der Waals surface area contributed by atoms with Gasteiger partial charge >= 0.3 is 0 Å². The Morgan fingerprint density at radius 3 is 2.32 bits per heavy atom. The lowest BCUT2D eigenvalue weighted by atomic mass is 9.45. The predicted molar refractivity (Wildman–Crippen MR) is 138 cm³/mol. The molecule has 0 aromatic rings. The lowest BCUT2D eigenvalue weighted by Crippen LogP contribution is -2.62. The summed E-state index contributed by atoms with van der Waals surface area (Å²) >= 11 is 0. The quantitative estimate of drug-likeness (QED) is 0.437. The van der Waals surface area contributed by atoms with Crippen LogP contribution >= 0.6 is 0 Å². The molecule has 5 aliphatic rings. The van der Waals surface area contributed by atoms with Crippen molar-refractivity contribution in [3.05, 3.63) is 11.6 Å². The number of ketones is 1. The minimum absolute atomic E-state index is 0.0605. The van der Waals surface area contributed by atoms with E-state index in [1.165, 1.54) is 0 Å². The average molecular weight is 521 g/mol. The molecule has 37 heavy (non-hydrogen) atoms. The van der Waals surface area contributed by atoms with Gasteiger partial charge < -0.3 is 29.9 Å². The molecule has 0 unspecified atom stereocenters. The third kappa shape index (κ3) is 4.10. The highest BCUT2D eigenvalue weighted by Gasteiger charge is 2.69. The number of hydrogen-bond donors (Lipinski definition) is 4. The zero-order valence-electron chi connectivity index (χ0n) is 23.7. The SMILES string of the molecule is CC(C)(O)CC[C@@H](O)[C@](C)(O)[C@H]1CC[C@@]2(O)C3=CC(=O)[C@@H]4C[C@H]5OC(C)(C)O[C@H]5C[C@]4(C)[C@@H]3CC[C@]12C. The minimum atomic E-state index is -1.43. The maximum atomic E-state index is 13.6. The van der Waals surface area contributed by atoms with E-state index >= 15 is 0 Å². The van der Waals surface area contributed by atoms with Crippen LogP contribution < -0.4 is 0 Å². The molecule has 0 amide bonds. The first-order chi connectivity index (χ1) is 16.8. The number of hydrogen-bond acceptors (Lipinski definition) is 7. The molecule has 10 atom stereocenters. The third-order valence-corrected chi connectivity index (χ3v) is 11.4. The Morgan fingerprint density at radius 2 is 1.68 bits per heavy atom. The maximum absolute atomic E-state index is 13.6. The summed E-state index contributed by atoms with van der Waals surface area (Å²) in [6.07, 6.45) is 5.11. The molecule has 5 rings (SSSR count). The van der Waals surface area contributed by atoms with Crippen LogP contribution in [0.2, 0.25) is 0 Å². The van der Waals surface area contributed by atoms with Crippen LogP contribution in [0.15, 0.2) is 11.6 Å². The largest absolute Gasteiger partial charge is 0.390 e. The number of carbonyl (C=O) groups excluding carboxylic acids is 1. The van der Waals surface area contributed by atoms with Crippen molar-refractivity contribution in [2.45, 2.75) is 141 Å². The van der Waals surface area contributed by atoms with Crippen LogP contribution in [0.5, 0.6) is 0 Å². The molecule has 7 nitrogen and oxygen atoms in total. The average Bonchev–Trinajstić information content (AvgIpc) is 3.21. The lowest BCUT2D eigenvalue weighted by Gasteiger charge is -2.60. The van der Waals surface area contributed by atoms with Crippen LogP contribution in [-0.4, -0.2) is 67.1 Å². The van der Waals surface area contributed by atoms with Gasteiger partial charge in [0.1, 0.15) is 0 Å². The highest BCUT2D eigenvalue weighted by molar-refractivity contribution is 5.95. The van der Waals surface area contributed by atoms with E-state index in [0.29, 0.717) is 32.1 Å². The standard InChI is InChI=1S/C30H48O7/c1-25(2,33)11-10-24(32)29(7,34)23-9-13-30(35)18-14-20(31)19-15-21-22(37-26(3,4)36-21)16-27(19,5)17(18)8-12-28(23,30)6/h14,17,19,21-24,32-35H,8-13,15-16H2,1-7H3/t17-,19+,21-,22+,23+,24-,27-,28-,29-,30-/m1/s1. The first-order valence-electron chi connectivity index (χ1n) is 14.3. The summed E-state index contributed by atoms with van der Waals surface area (Å²) in [5, 5.41) is 45.3. The molecule has 3 saturated carbocycles. The first kappa shape index (κ1) is 27.7. The van der Waals surface area contributed by atoms with E-state index in [1.807, 2.05) is 20.8 Å². The number of fused-ring (bicyclic) bond motifs is 6. The zero-order chi connectivity index (χ0) is 27.4. The molecule has 210 valence electrons. The number of ether oxygens (including phenoxy) is 2.